The summed E-state index contributed by atoms with van der Waals surface area (Å²) < 4.78 is 18.8. The van der Waals surface area contributed by atoms with Crippen LogP contribution in [0.1, 0.15) is 20.3 Å². The molecule has 0 amide bonds. The van der Waals surface area contributed by atoms with E-state index in [1.165, 1.54) is 12.1 Å². The van der Waals surface area contributed by atoms with Crippen molar-refractivity contribution in [1.29, 1.82) is 0 Å². The molecule has 5 nitrogen and oxygen atoms in total. The number of halogens is 1. The van der Waals surface area contributed by atoms with Gasteiger partial charge in [-0.3, -0.25) is 0 Å². The molecule has 0 spiro atoms. The smallest absolute Gasteiger partial charge is 0.194 e. The van der Waals surface area contributed by atoms with Gasteiger partial charge in [-0.25, -0.2) is 9.38 Å². The normalized spacial score (nSPS) is 20.1. The number of hydrogen-bond donors (Lipinski definition) is 2. The van der Waals surface area contributed by atoms with Crippen LogP contribution >= 0.6 is 0 Å². The van der Waals surface area contributed by atoms with Gasteiger partial charge >= 0.3 is 0 Å². The van der Waals surface area contributed by atoms with Crippen LogP contribution in [0, 0.1) is 5.82 Å². The third kappa shape index (κ3) is 4.87. The predicted molar refractivity (Wildman–Crippen MR) is 84.7 cm³/mol. The number of hydrogen-bond acceptors (Lipinski definition) is 3. The van der Waals surface area contributed by atoms with Crippen LogP contribution in [-0.4, -0.2) is 54.4 Å². The summed E-state index contributed by atoms with van der Waals surface area (Å²) in [7, 11) is 0. The lowest BCUT2D eigenvalue weighted by Crippen LogP contribution is -2.41. The number of nitrogens with zero attached hydrogens (tertiary/aromatic N) is 2. The van der Waals surface area contributed by atoms with Crippen molar-refractivity contribution in [2.75, 3.05) is 26.2 Å². The van der Waals surface area contributed by atoms with E-state index in [1.807, 2.05) is 18.7 Å². The van der Waals surface area contributed by atoms with E-state index in [1.54, 1.807) is 12.1 Å². The minimum Gasteiger partial charge on any atom is -0.489 e. The first-order chi connectivity index (χ1) is 10.6. The molecular formula is C16H24FN3O2. The van der Waals surface area contributed by atoms with Crippen molar-refractivity contribution in [1.82, 2.24) is 10.2 Å². The second-order valence-corrected chi connectivity index (χ2v) is 5.47. The number of ether oxygens (including phenoxy) is 1. The molecule has 0 aliphatic carbocycles. The van der Waals surface area contributed by atoms with Crippen LogP contribution in [0.25, 0.3) is 0 Å². The van der Waals surface area contributed by atoms with E-state index < -0.39 is 0 Å². The van der Waals surface area contributed by atoms with E-state index in [9.17, 15) is 9.50 Å². The fourth-order valence-electron chi connectivity index (χ4n) is 2.38. The van der Waals surface area contributed by atoms with Crippen molar-refractivity contribution in [3.05, 3.63) is 30.1 Å². The van der Waals surface area contributed by atoms with Crippen molar-refractivity contribution in [3.8, 4) is 5.75 Å². The molecule has 2 N–H and O–H groups in total. The summed E-state index contributed by atoms with van der Waals surface area (Å²) in [6.45, 7) is 6.54. The standard InChI is InChI=1S/C16H24FN3O2/c1-3-18-16(20-8-7-14(21)11-20)19-10-12(2)22-15-6-4-5-13(17)9-15/h4-6,9,12,14,21H,3,7-8,10-11H2,1-2H3,(H,18,19)/t12?,14-/m1/s1. The molecule has 0 saturated carbocycles. The third-order valence-electron chi connectivity index (χ3n) is 3.43. The Morgan fingerprint density at radius 1 is 1.59 bits per heavy atom. The van der Waals surface area contributed by atoms with Gasteiger partial charge in [0.05, 0.1) is 12.6 Å². The lowest BCUT2D eigenvalue weighted by molar-refractivity contribution is 0.187. The Morgan fingerprint density at radius 3 is 3.05 bits per heavy atom. The van der Waals surface area contributed by atoms with E-state index in [0.29, 0.717) is 18.8 Å². The second kappa shape index (κ2) is 7.98. The van der Waals surface area contributed by atoms with E-state index in [4.69, 9.17) is 4.74 Å². The summed E-state index contributed by atoms with van der Waals surface area (Å²) >= 11 is 0. The van der Waals surface area contributed by atoms with Crippen molar-refractivity contribution < 1.29 is 14.2 Å². The van der Waals surface area contributed by atoms with Gasteiger partial charge in [0, 0.05) is 25.7 Å². The average molecular weight is 309 g/mol. The minimum atomic E-state index is -0.312. The topological polar surface area (TPSA) is 57.1 Å². The van der Waals surface area contributed by atoms with Crippen LogP contribution in [0.4, 0.5) is 4.39 Å². The molecule has 0 aromatic heterocycles. The zero-order valence-corrected chi connectivity index (χ0v) is 13.1. The molecule has 122 valence electrons. The Kier molecular flexibility index (Phi) is 6.00. The molecule has 1 aromatic carbocycles. The monoisotopic (exact) mass is 309 g/mol. The number of aliphatic hydroxyl groups excluding tert-OH is 1. The second-order valence-electron chi connectivity index (χ2n) is 5.47. The summed E-state index contributed by atoms with van der Waals surface area (Å²) in [5.41, 5.74) is 0. The number of β-amino-alcohol motifs (C(OH)–C–C–N with tert-alkyl or cyclic N) is 1. The zero-order chi connectivity index (χ0) is 15.9. The number of guanidine groups is 1. The molecule has 0 radical (unpaired) electrons. The summed E-state index contributed by atoms with van der Waals surface area (Å²) in [6, 6.07) is 6.10. The molecule has 1 saturated heterocycles. The zero-order valence-electron chi connectivity index (χ0n) is 13.1. The Balaban J connectivity index is 1.91. The van der Waals surface area contributed by atoms with Crippen molar-refractivity contribution >= 4 is 5.96 Å². The maximum absolute atomic E-state index is 13.1. The first-order valence-corrected chi connectivity index (χ1v) is 7.72. The molecule has 1 aliphatic rings. The van der Waals surface area contributed by atoms with Crippen LogP contribution in [-0.2, 0) is 0 Å². The fourth-order valence-corrected chi connectivity index (χ4v) is 2.38. The number of aliphatic imine (C=N–C) groups is 1. The van der Waals surface area contributed by atoms with Gasteiger partial charge in [-0.1, -0.05) is 6.07 Å². The number of rotatable bonds is 5. The lowest BCUT2D eigenvalue weighted by atomic mass is 10.3. The van der Waals surface area contributed by atoms with Gasteiger partial charge in [0.25, 0.3) is 0 Å². The number of benzene rings is 1. The quantitative estimate of drug-likeness (QED) is 0.641. The summed E-state index contributed by atoms with van der Waals surface area (Å²) in [4.78, 5) is 6.59. The number of likely N-dealkylation sites (tertiary alicyclic amines) is 1. The van der Waals surface area contributed by atoms with Crippen molar-refractivity contribution in [2.24, 2.45) is 4.99 Å². The minimum absolute atomic E-state index is 0.164. The first-order valence-electron chi connectivity index (χ1n) is 7.72. The molecule has 1 unspecified atom stereocenters. The molecule has 1 aromatic rings. The number of aliphatic hydroxyl groups is 1. The van der Waals surface area contributed by atoms with Crippen LogP contribution in [0.15, 0.2) is 29.3 Å². The number of nitrogens with one attached hydrogen (secondary N) is 1. The van der Waals surface area contributed by atoms with Crippen LogP contribution < -0.4 is 10.1 Å². The van der Waals surface area contributed by atoms with Gasteiger partial charge in [0.2, 0.25) is 0 Å². The maximum atomic E-state index is 13.1. The molecule has 6 heteroatoms. The van der Waals surface area contributed by atoms with Gasteiger partial charge in [-0.15, -0.1) is 0 Å². The van der Waals surface area contributed by atoms with Gasteiger partial charge in [0.15, 0.2) is 5.96 Å². The van der Waals surface area contributed by atoms with Crippen LogP contribution in [0.3, 0.4) is 0 Å². The summed E-state index contributed by atoms with van der Waals surface area (Å²) in [5.74, 6) is 0.977. The van der Waals surface area contributed by atoms with Crippen LogP contribution in [0.2, 0.25) is 0 Å². The molecule has 2 atom stereocenters. The Morgan fingerprint density at radius 2 is 2.41 bits per heavy atom. The molecule has 0 bridgehead atoms. The van der Waals surface area contributed by atoms with Crippen molar-refractivity contribution in [2.45, 2.75) is 32.5 Å². The van der Waals surface area contributed by atoms with E-state index in [0.717, 1.165) is 25.5 Å². The van der Waals surface area contributed by atoms with Gasteiger partial charge in [-0.2, -0.15) is 0 Å². The van der Waals surface area contributed by atoms with E-state index >= 15 is 0 Å². The summed E-state index contributed by atoms with van der Waals surface area (Å²) in [6.07, 6.45) is 0.313. The Hall–Kier alpha value is -1.82. The molecular weight excluding hydrogens is 285 g/mol. The lowest BCUT2D eigenvalue weighted by Gasteiger charge is -2.22. The van der Waals surface area contributed by atoms with Crippen LogP contribution in [0.5, 0.6) is 5.75 Å². The van der Waals surface area contributed by atoms with Crippen molar-refractivity contribution in [3.63, 3.8) is 0 Å². The Bertz CT molecular complexity index is 510. The fraction of sp³-hybridized carbons (Fsp3) is 0.562. The highest BCUT2D eigenvalue weighted by atomic mass is 19.1. The molecule has 1 fully saturated rings. The predicted octanol–water partition coefficient (Wildman–Crippen LogP) is 1.63. The molecule has 22 heavy (non-hydrogen) atoms. The summed E-state index contributed by atoms with van der Waals surface area (Å²) in [5, 5.41) is 12.9. The maximum Gasteiger partial charge on any atom is 0.194 e. The highest BCUT2D eigenvalue weighted by Crippen LogP contribution is 2.14. The Labute approximate surface area is 130 Å². The SMILES string of the molecule is CCNC(=NCC(C)Oc1cccc(F)c1)N1CC[C@@H](O)C1. The third-order valence-corrected chi connectivity index (χ3v) is 3.43. The van der Waals surface area contributed by atoms with E-state index in [-0.39, 0.29) is 18.0 Å². The van der Waals surface area contributed by atoms with Gasteiger partial charge in [-0.05, 0) is 32.4 Å². The molecule has 1 aliphatic heterocycles. The molecule has 1 heterocycles. The van der Waals surface area contributed by atoms with Gasteiger partial charge in [0.1, 0.15) is 17.7 Å². The van der Waals surface area contributed by atoms with Gasteiger partial charge < -0.3 is 20.1 Å². The first kappa shape index (κ1) is 16.5. The van der Waals surface area contributed by atoms with E-state index in [2.05, 4.69) is 10.3 Å². The highest BCUT2D eigenvalue weighted by molar-refractivity contribution is 5.80. The molecule has 2 rings (SSSR count). The highest BCUT2D eigenvalue weighted by Gasteiger charge is 2.22. The average Bonchev–Trinajstić information content (AvgIpc) is 2.90. The largest absolute Gasteiger partial charge is 0.489 e.